The minimum absolute atomic E-state index is 0.128. The molecule has 0 unspecified atom stereocenters. The third kappa shape index (κ3) is 1.84. The second-order valence-corrected chi connectivity index (χ2v) is 5.18. The van der Waals surface area contributed by atoms with Crippen LogP contribution in [-0.2, 0) is 0 Å². The third-order valence-electron chi connectivity index (χ3n) is 3.97. The molecule has 17 heavy (non-hydrogen) atoms. The number of carbonyl (C=O) groups is 1. The van der Waals surface area contributed by atoms with Gasteiger partial charge in [0.05, 0.1) is 11.8 Å². The molecule has 1 aromatic heterocycles. The minimum Gasteiger partial charge on any atom is -0.334 e. The van der Waals surface area contributed by atoms with Gasteiger partial charge in [-0.15, -0.1) is 0 Å². The van der Waals surface area contributed by atoms with Crippen molar-refractivity contribution < 1.29 is 4.79 Å². The highest BCUT2D eigenvalue weighted by Gasteiger charge is 2.39. The molecule has 3 heterocycles. The maximum Gasteiger partial charge on any atom is 0.257 e. The number of H-pyrrole nitrogens is 1. The molecule has 1 aromatic rings. The van der Waals surface area contributed by atoms with Crippen LogP contribution < -0.4 is 0 Å². The van der Waals surface area contributed by atoms with Crippen molar-refractivity contribution in [1.82, 2.24) is 20.0 Å². The van der Waals surface area contributed by atoms with Crippen LogP contribution in [0.1, 0.15) is 23.2 Å². The first-order valence-electron chi connectivity index (χ1n) is 6.24. The van der Waals surface area contributed by atoms with E-state index in [9.17, 15) is 4.79 Å². The number of likely N-dealkylation sites (N-methyl/N-ethyl adjacent to an activating group) is 1. The number of piperidine rings is 1. The Morgan fingerprint density at radius 3 is 3.18 bits per heavy atom. The molecule has 2 fully saturated rings. The summed E-state index contributed by atoms with van der Waals surface area (Å²) in [6, 6.07) is 0.399. The van der Waals surface area contributed by atoms with E-state index in [1.807, 2.05) is 4.90 Å². The maximum atomic E-state index is 12.4. The molecule has 5 heteroatoms. The molecule has 0 saturated carbocycles. The minimum atomic E-state index is 0.128. The number of aromatic nitrogens is 2. The van der Waals surface area contributed by atoms with E-state index in [-0.39, 0.29) is 5.91 Å². The van der Waals surface area contributed by atoms with Crippen molar-refractivity contribution in [3.63, 3.8) is 0 Å². The zero-order valence-electron chi connectivity index (χ0n) is 10.1. The Kier molecular flexibility index (Phi) is 2.63. The fourth-order valence-corrected chi connectivity index (χ4v) is 3.18. The summed E-state index contributed by atoms with van der Waals surface area (Å²) in [5, 5.41) is 6.57. The van der Waals surface area contributed by atoms with Gasteiger partial charge >= 0.3 is 0 Å². The number of carbonyl (C=O) groups excluding carboxylic acids is 1. The number of hydrogen-bond donors (Lipinski definition) is 1. The first-order valence-corrected chi connectivity index (χ1v) is 6.24. The predicted octanol–water partition coefficient (Wildman–Crippen LogP) is 0.576. The van der Waals surface area contributed by atoms with Crippen LogP contribution in [0, 0.1) is 5.92 Å². The van der Waals surface area contributed by atoms with E-state index in [0.717, 1.165) is 26.1 Å². The second kappa shape index (κ2) is 4.14. The number of nitrogens with zero attached hydrogens (tertiary/aromatic N) is 3. The number of rotatable bonds is 1. The van der Waals surface area contributed by atoms with Gasteiger partial charge in [0.25, 0.3) is 5.91 Å². The number of hydrogen-bond acceptors (Lipinski definition) is 3. The van der Waals surface area contributed by atoms with Crippen molar-refractivity contribution in [3.8, 4) is 0 Å². The molecule has 5 nitrogen and oxygen atoms in total. The number of likely N-dealkylation sites (tertiary alicyclic amines) is 2. The molecular weight excluding hydrogens is 216 g/mol. The molecule has 0 aromatic carbocycles. The summed E-state index contributed by atoms with van der Waals surface area (Å²) in [5.41, 5.74) is 0.681. The molecule has 2 saturated heterocycles. The van der Waals surface area contributed by atoms with Gasteiger partial charge in [-0.25, -0.2) is 0 Å². The summed E-state index contributed by atoms with van der Waals surface area (Å²) in [6.07, 6.45) is 5.68. The Morgan fingerprint density at radius 1 is 1.53 bits per heavy atom. The first kappa shape index (κ1) is 10.8. The lowest BCUT2D eigenvalue weighted by Crippen LogP contribution is -2.48. The fourth-order valence-electron chi connectivity index (χ4n) is 3.18. The lowest BCUT2D eigenvalue weighted by atomic mass is 9.91. The summed E-state index contributed by atoms with van der Waals surface area (Å²) in [5.74, 6) is 0.786. The Hall–Kier alpha value is -1.36. The molecule has 2 aliphatic rings. The molecule has 1 N–H and O–H groups in total. The molecule has 2 atom stereocenters. The highest BCUT2D eigenvalue weighted by molar-refractivity contribution is 5.94. The number of aromatic amines is 1. The van der Waals surface area contributed by atoms with Crippen LogP contribution >= 0.6 is 0 Å². The average molecular weight is 234 g/mol. The van der Waals surface area contributed by atoms with Gasteiger partial charge in [0.15, 0.2) is 0 Å². The van der Waals surface area contributed by atoms with Crippen molar-refractivity contribution in [1.29, 1.82) is 0 Å². The highest BCUT2D eigenvalue weighted by atomic mass is 16.2. The van der Waals surface area contributed by atoms with Crippen LogP contribution in [0.5, 0.6) is 0 Å². The smallest absolute Gasteiger partial charge is 0.257 e. The Morgan fingerprint density at radius 2 is 2.41 bits per heavy atom. The topological polar surface area (TPSA) is 52.2 Å². The van der Waals surface area contributed by atoms with Crippen molar-refractivity contribution in [2.24, 2.45) is 5.92 Å². The summed E-state index contributed by atoms with van der Waals surface area (Å²) >= 11 is 0. The van der Waals surface area contributed by atoms with E-state index in [0.29, 0.717) is 17.5 Å². The van der Waals surface area contributed by atoms with Crippen molar-refractivity contribution in [3.05, 3.63) is 18.0 Å². The zero-order valence-corrected chi connectivity index (χ0v) is 10.1. The van der Waals surface area contributed by atoms with Crippen LogP contribution in [0.25, 0.3) is 0 Å². The molecular formula is C12H18N4O. The monoisotopic (exact) mass is 234 g/mol. The van der Waals surface area contributed by atoms with Crippen LogP contribution in [-0.4, -0.2) is 58.6 Å². The fraction of sp³-hybridized carbons (Fsp3) is 0.667. The van der Waals surface area contributed by atoms with E-state index < -0.39 is 0 Å². The molecule has 92 valence electrons. The van der Waals surface area contributed by atoms with Crippen molar-refractivity contribution in [2.75, 3.05) is 26.7 Å². The van der Waals surface area contributed by atoms with Gasteiger partial charge in [-0.3, -0.25) is 9.89 Å². The molecule has 1 amide bonds. The van der Waals surface area contributed by atoms with E-state index in [1.165, 1.54) is 6.42 Å². The van der Waals surface area contributed by atoms with Gasteiger partial charge in [-0.1, -0.05) is 0 Å². The summed E-state index contributed by atoms with van der Waals surface area (Å²) in [4.78, 5) is 16.7. The molecule has 2 aliphatic heterocycles. The van der Waals surface area contributed by atoms with Gasteiger partial charge in [0.2, 0.25) is 0 Å². The quantitative estimate of drug-likeness (QED) is 0.773. The van der Waals surface area contributed by atoms with Crippen LogP contribution in [0.3, 0.4) is 0 Å². The molecule has 0 radical (unpaired) electrons. The van der Waals surface area contributed by atoms with Crippen molar-refractivity contribution in [2.45, 2.75) is 18.9 Å². The van der Waals surface area contributed by atoms with Crippen LogP contribution in [0.4, 0.5) is 0 Å². The van der Waals surface area contributed by atoms with Gasteiger partial charge in [0.1, 0.15) is 0 Å². The molecule has 3 rings (SSSR count). The van der Waals surface area contributed by atoms with E-state index >= 15 is 0 Å². The molecule has 0 aliphatic carbocycles. The maximum absolute atomic E-state index is 12.4. The first-order chi connectivity index (χ1) is 8.25. The zero-order chi connectivity index (χ0) is 11.8. The Labute approximate surface area is 101 Å². The number of nitrogens with one attached hydrogen (secondary N) is 1. The van der Waals surface area contributed by atoms with E-state index in [2.05, 4.69) is 22.1 Å². The number of fused-ring (bicyclic) bond motifs is 1. The highest BCUT2D eigenvalue weighted by Crippen LogP contribution is 2.30. The lowest BCUT2D eigenvalue weighted by molar-refractivity contribution is 0.0572. The van der Waals surface area contributed by atoms with Gasteiger partial charge < -0.3 is 9.80 Å². The lowest BCUT2D eigenvalue weighted by Gasteiger charge is -2.36. The summed E-state index contributed by atoms with van der Waals surface area (Å²) < 4.78 is 0. The van der Waals surface area contributed by atoms with Gasteiger partial charge in [-0.05, 0) is 25.8 Å². The largest absolute Gasteiger partial charge is 0.334 e. The third-order valence-corrected chi connectivity index (χ3v) is 3.97. The standard InChI is InChI=1S/C12H18N4O/c1-15-7-9-3-2-4-16(11(9)8-15)12(17)10-5-13-14-6-10/h5-6,9,11H,2-4,7-8H2,1H3,(H,13,14)/t9-,11+/m0/s1. The van der Waals surface area contributed by atoms with Crippen LogP contribution in [0.2, 0.25) is 0 Å². The second-order valence-electron chi connectivity index (χ2n) is 5.18. The van der Waals surface area contributed by atoms with Gasteiger partial charge in [0, 0.05) is 31.9 Å². The normalized spacial score (nSPS) is 29.4. The molecule has 0 spiro atoms. The Balaban J connectivity index is 1.80. The Bertz CT molecular complexity index is 403. The summed E-state index contributed by atoms with van der Waals surface area (Å²) in [7, 11) is 2.14. The van der Waals surface area contributed by atoms with Gasteiger partial charge in [-0.2, -0.15) is 5.10 Å². The average Bonchev–Trinajstić information content (AvgIpc) is 2.94. The van der Waals surface area contributed by atoms with Crippen LogP contribution in [0.15, 0.2) is 12.4 Å². The summed E-state index contributed by atoms with van der Waals surface area (Å²) in [6.45, 7) is 3.02. The molecule has 0 bridgehead atoms. The van der Waals surface area contributed by atoms with E-state index in [1.54, 1.807) is 12.4 Å². The predicted molar refractivity (Wildman–Crippen MR) is 63.6 cm³/mol. The van der Waals surface area contributed by atoms with E-state index in [4.69, 9.17) is 0 Å². The van der Waals surface area contributed by atoms with Crippen molar-refractivity contribution >= 4 is 5.91 Å². The SMILES string of the molecule is CN1C[C@@H]2CCCN(C(=O)c3cn[nH]c3)[C@@H]2C1. The number of amides is 1.